The molecule has 0 bridgehead atoms. The minimum atomic E-state index is -0.00870. The Bertz CT molecular complexity index is 177. The van der Waals surface area contributed by atoms with E-state index in [0.717, 1.165) is 5.70 Å². The highest BCUT2D eigenvalue weighted by Crippen LogP contribution is 2.19. The molecule has 0 atom stereocenters. The Hall–Kier alpha value is -0.830. The van der Waals surface area contributed by atoms with Crippen molar-refractivity contribution in [3.8, 4) is 0 Å². The molecule has 0 fully saturated rings. The summed E-state index contributed by atoms with van der Waals surface area (Å²) in [7, 11) is 0. The molecule has 3 nitrogen and oxygen atoms in total. The van der Waals surface area contributed by atoms with Crippen molar-refractivity contribution in [2.24, 2.45) is 16.1 Å². The Morgan fingerprint density at radius 3 is 2.50 bits per heavy atom. The molecular formula is C9H18N2O. The van der Waals surface area contributed by atoms with Crippen molar-refractivity contribution in [1.82, 2.24) is 0 Å². The predicted octanol–water partition coefficient (Wildman–Crippen LogP) is 0.938. The zero-order valence-corrected chi connectivity index (χ0v) is 8.04. The van der Waals surface area contributed by atoms with E-state index in [1.54, 1.807) is 12.3 Å². The fraction of sp³-hybridized carbons (Fsp3) is 0.667. The van der Waals surface area contributed by atoms with Crippen LogP contribution in [0.15, 0.2) is 16.8 Å². The van der Waals surface area contributed by atoms with Crippen molar-refractivity contribution in [3.63, 3.8) is 0 Å². The van der Waals surface area contributed by atoms with Crippen molar-refractivity contribution in [1.29, 1.82) is 0 Å². The molecule has 0 unspecified atom stereocenters. The zero-order valence-electron chi connectivity index (χ0n) is 8.04. The Morgan fingerprint density at radius 1 is 1.50 bits per heavy atom. The van der Waals surface area contributed by atoms with Gasteiger partial charge in [0.15, 0.2) is 0 Å². The van der Waals surface area contributed by atoms with Crippen molar-refractivity contribution in [2.75, 3.05) is 13.2 Å². The number of aliphatic hydroxyl groups excluding tert-OH is 1. The molecule has 0 amide bonds. The number of aliphatic hydroxyl groups is 1. The zero-order chi connectivity index (χ0) is 9.61. The van der Waals surface area contributed by atoms with Gasteiger partial charge in [0, 0.05) is 17.3 Å². The van der Waals surface area contributed by atoms with Gasteiger partial charge in [-0.2, -0.15) is 0 Å². The van der Waals surface area contributed by atoms with Crippen LogP contribution in [-0.2, 0) is 0 Å². The molecule has 0 aliphatic heterocycles. The highest BCUT2D eigenvalue weighted by atomic mass is 16.3. The maximum Gasteiger partial charge on any atom is 0.0626 e. The lowest BCUT2D eigenvalue weighted by atomic mass is 9.92. The number of aliphatic imine (C=N–C) groups is 1. The van der Waals surface area contributed by atoms with Gasteiger partial charge in [-0.05, 0) is 6.08 Å². The molecule has 12 heavy (non-hydrogen) atoms. The molecule has 0 saturated carbocycles. The lowest BCUT2D eigenvalue weighted by Crippen LogP contribution is -2.17. The molecular weight excluding hydrogens is 152 g/mol. The topological polar surface area (TPSA) is 58.6 Å². The summed E-state index contributed by atoms with van der Waals surface area (Å²) in [6.45, 7) is 6.64. The fourth-order valence-electron chi connectivity index (χ4n) is 0.515. The standard InChI is InChI=1S/C9H18N2O/c1-9(2,3)8(10)4-5-11-6-7-12/h4-5,12H,6-7,10H2,1-3H3. The van der Waals surface area contributed by atoms with Gasteiger partial charge < -0.3 is 10.8 Å². The molecule has 3 N–H and O–H groups in total. The molecule has 0 aromatic carbocycles. The first-order chi connectivity index (χ1) is 5.48. The van der Waals surface area contributed by atoms with Crippen LogP contribution in [0.25, 0.3) is 0 Å². The minimum Gasteiger partial charge on any atom is -0.402 e. The average Bonchev–Trinajstić information content (AvgIpc) is 1.96. The van der Waals surface area contributed by atoms with Gasteiger partial charge in [0.2, 0.25) is 0 Å². The first-order valence-electron chi connectivity index (χ1n) is 4.05. The van der Waals surface area contributed by atoms with Crippen LogP contribution in [0.3, 0.4) is 0 Å². The van der Waals surface area contributed by atoms with Crippen molar-refractivity contribution in [2.45, 2.75) is 20.8 Å². The maximum atomic E-state index is 8.43. The number of hydrogen-bond acceptors (Lipinski definition) is 3. The molecule has 0 heterocycles. The van der Waals surface area contributed by atoms with E-state index in [9.17, 15) is 0 Å². The fourth-order valence-corrected chi connectivity index (χ4v) is 0.515. The second-order valence-corrected chi connectivity index (χ2v) is 3.65. The number of rotatable bonds is 3. The summed E-state index contributed by atoms with van der Waals surface area (Å²) in [6.07, 6.45) is 3.41. The van der Waals surface area contributed by atoms with E-state index in [1.165, 1.54) is 0 Å². The number of hydrogen-bond donors (Lipinski definition) is 2. The van der Waals surface area contributed by atoms with Crippen molar-refractivity contribution in [3.05, 3.63) is 11.8 Å². The SMILES string of the molecule is CC(C)(C)C(N)=CC=NCCO. The number of nitrogens with two attached hydrogens (primary N) is 1. The van der Waals surface area contributed by atoms with Crippen LogP contribution in [0.5, 0.6) is 0 Å². The smallest absolute Gasteiger partial charge is 0.0626 e. The Balaban J connectivity index is 4.01. The predicted molar refractivity (Wildman–Crippen MR) is 52.2 cm³/mol. The van der Waals surface area contributed by atoms with Crippen molar-refractivity contribution >= 4 is 6.21 Å². The summed E-state index contributed by atoms with van der Waals surface area (Å²) >= 11 is 0. The third-order valence-corrected chi connectivity index (χ3v) is 1.45. The van der Waals surface area contributed by atoms with E-state index in [2.05, 4.69) is 4.99 Å². The van der Waals surface area contributed by atoms with Gasteiger partial charge in [0.25, 0.3) is 0 Å². The quantitative estimate of drug-likeness (QED) is 0.619. The van der Waals surface area contributed by atoms with Gasteiger partial charge in [0.1, 0.15) is 0 Å². The third kappa shape index (κ3) is 4.91. The highest BCUT2D eigenvalue weighted by molar-refractivity contribution is 5.72. The Kier molecular flexibility index (Phi) is 4.59. The number of allylic oxidation sites excluding steroid dienone is 2. The lowest BCUT2D eigenvalue weighted by molar-refractivity contribution is 0.307. The van der Waals surface area contributed by atoms with Crippen LogP contribution < -0.4 is 5.73 Å². The molecule has 0 aromatic heterocycles. The van der Waals surface area contributed by atoms with E-state index in [-0.39, 0.29) is 12.0 Å². The van der Waals surface area contributed by atoms with Crippen LogP contribution in [0, 0.1) is 5.41 Å². The summed E-state index contributed by atoms with van der Waals surface area (Å²) in [4.78, 5) is 3.91. The molecule has 0 rings (SSSR count). The van der Waals surface area contributed by atoms with Crippen molar-refractivity contribution < 1.29 is 5.11 Å². The number of nitrogens with zero attached hydrogens (tertiary/aromatic N) is 1. The average molecular weight is 170 g/mol. The summed E-state index contributed by atoms with van der Waals surface area (Å²) < 4.78 is 0. The molecule has 0 aliphatic carbocycles. The summed E-state index contributed by atoms with van der Waals surface area (Å²) in [6, 6.07) is 0. The van der Waals surface area contributed by atoms with Gasteiger partial charge in [-0.25, -0.2) is 0 Å². The van der Waals surface area contributed by atoms with Gasteiger partial charge in [-0.1, -0.05) is 20.8 Å². The monoisotopic (exact) mass is 170 g/mol. The van der Waals surface area contributed by atoms with Crippen LogP contribution in [0.1, 0.15) is 20.8 Å². The Morgan fingerprint density at radius 2 is 2.08 bits per heavy atom. The molecule has 0 saturated heterocycles. The van der Waals surface area contributed by atoms with E-state index in [0.29, 0.717) is 6.54 Å². The Labute approximate surface area is 74.0 Å². The van der Waals surface area contributed by atoms with E-state index >= 15 is 0 Å². The van der Waals surface area contributed by atoms with Gasteiger partial charge >= 0.3 is 0 Å². The molecule has 3 heteroatoms. The lowest BCUT2D eigenvalue weighted by Gasteiger charge is -2.17. The highest BCUT2D eigenvalue weighted by Gasteiger charge is 2.11. The van der Waals surface area contributed by atoms with Gasteiger partial charge in [-0.3, -0.25) is 4.99 Å². The van der Waals surface area contributed by atoms with Crippen LogP contribution in [-0.4, -0.2) is 24.5 Å². The maximum absolute atomic E-state index is 8.43. The summed E-state index contributed by atoms with van der Waals surface area (Å²) in [5, 5.41) is 8.43. The summed E-state index contributed by atoms with van der Waals surface area (Å²) in [5.74, 6) is 0. The first kappa shape index (κ1) is 11.2. The second kappa shape index (κ2) is 4.93. The molecule has 0 spiro atoms. The van der Waals surface area contributed by atoms with Crippen LogP contribution in [0.4, 0.5) is 0 Å². The molecule has 0 aliphatic rings. The van der Waals surface area contributed by atoms with Crippen LogP contribution in [0.2, 0.25) is 0 Å². The molecule has 70 valence electrons. The normalized spacial score (nSPS) is 14.2. The minimum absolute atomic E-state index is 0.00870. The first-order valence-corrected chi connectivity index (χ1v) is 4.05. The van der Waals surface area contributed by atoms with Crippen LogP contribution >= 0.6 is 0 Å². The van der Waals surface area contributed by atoms with Gasteiger partial charge in [-0.15, -0.1) is 0 Å². The van der Waals surface area contributed by atoms with E-state index in [4.69, 9.17) is 10.8 Å². The van der Waals surface area contributed by atoms with Gasteiger partial charge in [0.05, 0.1) is 13.2 Å². The largest absolute Gasteiger partial charge is 0.402 e. The van der Waals surface area contributed by atoms with E-state index < -0.39 is 0 Å². The van der Waals surface area contributed by atoms with E-state index in [1.807, 2.05) is 20.8 Å². The second-order valence-electron chi connectivity index (χ2n) is 3.65. The summed E-state index contributed by atoms with van der Waals surface area (Å²) in [5.41, 5.74) is 6.53. The third-order valence-electron chi connectivity index (χ3n) is 1.45. The molecule has 0 aromatic rings. The molecule has 0 radical (unpaired) electrons.